The minimum Gasteiger partial charge on any atom is -0.423 e. The highest BCUT2D eigenvalue weighted by atomic mass is 16.4. The van der Waals surface area contributed by atoms with E-state index in [1.807, 2.05) is 37.5 Å². The number of carbonyl (C=O) groups is 2. The first-order chi connectivity index (χ1) is 15.3. The molecule has 1 atom stereocenters. The molecule has 4 rings (SSSR count). The topological polar surface area (TPSA) is 105 Å². The van der Waals surface area contributed by atoms with E-state index in [0.29, 0.717) is 42.7 Å². The Bertz CT molecular complexity index is 974. The average molecular weight is 441 g/mol. The molecular formula is C23H32N6O3. The molecule has 0 bridgehead atoms. The third-order valence-electron chi connectivity index (χ3n) is 6.42. The van der Waals surface area contributed by atoms with Gasteiger partial charge in [-0.3, -0.25) is 9.59 Å². The van der Waals surface area contributed by atoms with Gasteiger partial charge in [-0.1, -0.05) is 20.8 Å². The van der Waals surface area contributed by atoms with Crippen LogP contribution in [0.4, 0.5) is 0 Å². The standard InChI is InChI=1S/C23H32N6O3/c1-15-17(13-24-14-25-15)21(30)29-10-6-5-7-18(29)20-27-26-19(32-20)16-8-11-28(12-9-16)22(31)23(2,3)4/h13-14,16,18H,5-12H2,1-4H3/t18-/m0/s1. The predicted octanol–water partition coefficient (Wildman–Crippen LogP) is 3.29. The summed E-state index contributed by atoms with van der Waals surface area (Å²) < 4.78 is 6.12. The lowest BCUT2D eigenvalue weighted by atomic mass is 9.91. The first-order valence-corrected chi connectivity index (χ1v) is 11.5. The van der Waals surface area contributed by atoms with Gasteiger partial charge in [0.25, 0.3) is 5.91 Å². The first kappa shape index (κ1) is 22.4. The van der Waals surface area contributed by atoms with E-state index in [4.69, 9.17) is 4.42 Å². The fourth-order valence-electron chi connectivity index (χ4n) is 4.54. The van der Waals surface area contributed by atoms with E-state index in [0.717, 1.165) is 32.1 Å². The minimum atomic E-state index is -0.371. The van der Waals surface area contributed by atoms with Crippen LogP contribution in [0.1, 0.15) is 92.7 Å². The van der Waals surface area contributed by atoms with Crippen LogP contribution in [0.2, 0.25) is 0 Å². The number of likely N-dealkylation sites (tertiary alicyclic amines) is 2. The number of carbonyl (C=O) groups excluding carboxylic acids is 2. The summed E-state index contributed by atoms with van der Waals surface area (Å²) in [7, 11) is 0. The highest BCUT2D eigenvalue weighted by Crippen LogP contribution is 2.35. The van der Waals surface area contributed by atoms with Crippen LogP contribution >= 0.6 is 0 Å². The third-order valence-corrected chi connectivity index (χ3v) is 6.42. The van der Waals surface area contributed by atoms with Crippen molar-refractivity contribution in [1.29, 1.82) is 0 Å². The van der Waals surface area contributed by atoms with Gasteiger partial charge < -0.3 is 14.2 Å². The summed E-state index contributed by atoms with van der Waals surface area (Å²) in [6.07, 6.45) is 7.36. The van der Waals surface area contributed by atoms with Gasteiger partial charge in [-0.05, 0) is 39.0 Å². The molecule has 0 aliphatic carbocycles. The molecule has 2 amide bonds. The van der Waals surface area contributed by atoms with Crippen molar-refractivity contribution < 1.29 is 14.0 Å². The van der Waals surface area contributed by atoms with E-state index in [1.54, 1.807) is 6.20 Å². The number of aryl methyl sites for hydroxylation is 1. The van der Waals surface area contributed by atoms with Crippen LogP contribution in [-0.4, -0.2) is 61.4 Å². The molecule has 32 heavy (non-hydrogen) atoms. The van der Waals surface area contributed by atoms with Gasteiger partial charge in [-0.15, -0.1) is 10.2 Å². The molecule has 9 heteroatoms. The predicted molar refractivity (Wildman–Crippen MR) is 117 cm³/mol. The number of nitrogens with zero attached hydrogens (tertiary/aromatic N) is 6. The van der Waals surface area contributed by atoms with E-state index in [-0.39, 0.29) is 29.2 Å². The molecule has 2 aromatic rings. The molecule has 172 valence electrons. The van der Waals surface area contributed by atoms with Gasteiger partial charge in [0.1, 0.15) is 12.4 Å². The van der Waals surface area contributed by atoms with E-state index in [2.05, 4.69) is 20.2 Å². The Labute approximate surface area is 188 Å². The number of hydrogen-bond acceptors (Lipinski definition) is 7. The van der Waals surface area contributed by atoms with Crippen LogP contribution in [0.5, 0.6) is 0 Å². The maximum Gasteiger partial charge on any atom is 0.257 e. The Morgan fingerprint density at radius 1 is 1.03 bits per heavy atom. The van der Waals surface area contributed by atoms with Crippen molar-refractivity contribution in [2.75, 3.05) is 19.6 Å². The van der Waals surface area contributed by atoms with Gasteiger partial charge in [0.2, 0.25) is 17.7 Å². The van der Waals surface area contributed by atoms with Gasteiger partial charge in [0.15, 0.2) is 0 Å². The summed E-state index contributed by atoms with van der Waals surface area (Å²) in [6.45, 7) is 9.70. The number of amides is 2. The van der Waals surface area contributed by atoms with Gasteiger partial charge in [-0.2, -0.15) is 0 Å². The summed E-state index contributed by atoms with van der Waals surface area (Å²) in [5.41, 5.74) is 0.802. The molecule has 2 fully saturated rings. The molecule has 2 aliphatic rings. The molecule has 0 saturated carbocycles. The monoisotopic (exact) mass is 440 g/mol. The lowest BCUT2D eigenvalue weighted by Gasteiger charge is -2.35. The quantitative estimate of drug-likeness (QED) is 0.721. The molecule has 2 aliphatic heterocycles. The maximum absolute atomic E-state index is 13.2. The summed E-state index contributed by atoms with van der Waals surface area (Å²) in [5, 5.41) is 8.67. The van der Waals surface area contributed by atoms with Crippen molar-refractivity contribution in [2.24, 2.45) is 5.41 Å². The fraction of sp³-hybridized carbons (Fsp3) is 0.652. The van der Waals surface area contributed by atoms with Crippen molar-refractivity contribution in [3.05, 3.63) is 35.6 Å². The zero-order chi connectivity index (χ0) is 22.9. The van der Waals surface area contributed by atoms with E-state index < -0.39 is 0 Å². The van der Waals surface area contributed by atoms with E-state index in [9.17, 15) is 9.59 Å². The van der Waals surface area contributed by atoms with Crippen molar-refractivity contribution in [3.8, 4) is 0 Å². The van der Waals surface area contributed by atoms with Crippen molar-refractivity contribution >= 4 is 11.8 Å². The van der Waals surface area contributed by atoms with Gasteiger partial charge >= 0.3 is 0 Å². The molecule has 0 spiro atoms. The van der Waals surface area contributed by atoms with Crippen molar-refractivity contribution in [1.82, 2.24) is 30.0 Å². The summed E-state index contributed by atoms with van der Waals surface area (Å²) in [6, 6.07) is -0.236. The van der Waals surface area contributed by atoms with Crippen LogP contribution in [0, 0.1) is 12.3 Å². The van der Waals surface area contributed by atoms with Crippen molar-refractivity contribution in [2.45, 2.75) is 71.8 Å². The Kier molecular flexibility index (Phi) is 6.26. The second kappa shape index (κ2) is 8.96. The lowest BCUT2D eigenvalue weighted by Crippen LogP contribution is -2.43. The number of piperidine rings is 2. The summed E-state index contributed by atoms with van der Waals surface area (Å²) in [5.74, 6) is 1.33. The molecule has 0 aromatic carbocycles. The van der Waals surface area contributed by atoms with E-state index >= 15 is 0 Å². The first-order valence-electron chi connectivity index (χ1n) is 11.5. The zero-order valence-electron chi connectivity index (χ0n) is 19.4. The van der Waals surface area contributed by atoms with Gasteiger partial charge in [-0.25, -0.2) is 9.97 Å². The third kappa shape index (κ3) is 4.52. The highest BCUT2D eigenvalue weighted by Gasteiger charge is 2.36. The average Bonchev–Trinajstić information content (AvgIpc) is 3.28. The second-order valence-electron chi connectivity index (χ2n) is 9.83. The Balaban J connectivity index is 1.46. The fourth-order valence-corrected chi connectivity index (χ4v) is 4.54. The molecule has 2 aromatic heterocycles. The van der Waals surface area contributed by atoms with Gasteiger partial charge in [0.05, 0.1) is 11.3 Å². The molecule has 2 saturated heterocycles. The van der Waals surface area contributed by atoms with Gasteiger partial charge in [0, 0.05) is 37.2 Å². The molecular weight excluding hydrogens is 408 g/mol. The minimum absolute atomic E-state index is 0.0958. The number of aromatic nitrogens is 4. The maximum atomic E-state index is 13.2. The Morgan fingerprint density at radius 2 is 1.75 bits per heavy atom. The van der Waals surface area contributed by atoms with Crippen LogP contribution in [-0.2, 0) is 4.79 Å². The molecule has 0 N–H and O–H groups in total. The van der Waals surface area contributed by atoms with Crippen LogP contribution in [0.3, 0.4) is 0 Å². The summed E-state index contributed by atoms with van der Waals surface area (Å²) in [4.78, 5) is 37.7. The smallest absolute Gasteiger partial charge is 0.257 e. The molecule has 0 radical (unpaired) electrons. The molecule has 9 nitrogen and oxygen atoms in total. The van der Waals surface area contributed by atoms with Crippen LogP contribution in [0.15, 0.2) is 16.9 Å². The van der Waals surface area contributed by atoms with Crippen LogP contribution < -0.4 is 0 Å². The molecule has 4 heterocycles. The van der Waals surface area contributed by atoms with E-state index in [1.165, 1.54) is 6.33 Å². The second-order valence-corrected chi connectivity index (χ2v) is 9.83. The van der Waals surface area contributed by atoms with Crippen molar-refractivity contribution in [3.63, 3.8) is 0 Å². The lowest BCUT2D eigenvalue weighted by molar-refractivity contribution is -0.140. The SMILES string of the molecule is Cc1ncncc1C(=O)N1CCCC[C@H]1c1nnc(C2CCN(C(=O)C(C)(C)C)CC2)o1. The zero-order valence-corrected chi connectivity index (χ0v) is 19.4. The largest absolute Gasteiger partial charge is 0.423 e. The normalized spacial score (nSPS) is 20.4. The Morgan fingerprint density at radius 3 is 2.44 bits per heavy atom. The summed E-state index contributed by atoms with van der Waals surface area (Å²) >= 11 is 0. The van der Waals surface area contributed by atoms with Crippen LogP contribution in [0.25, 0.3) is 0 Å². The number of rotatable bonds is 3. The Hall–Kier alpha value is -2.84. The number of hydrogen-bond donors (Lipinski definition) is 0. The highest BCUT2D eigenvalue weighted by molar-refractivity contribution is 5.95. The molecule has 0 unspecified atom stereocenters.